The molecule has 1 atom stereocenters. The molecule has 0 aliphatic carbocycles. The number of hydrogen-bond acceptors (Lipinski definition) is 3. The fraction of sp³-hybridized carbons (Fsp3) is 0.562. The maximum absolute atomic E-state index is 12.4. The van der Waals surface area contributed by atoms with Crippen LogP contribution in [0.5, 0.6) is 5.75 Å². The fourth-order valence-corrected chi connectivity index (χ4v) is 3.25. The minimum Gasteiger partial charge on any atom is -0.497 e. The average Bonchev–Trinajstić information content (AvgIpc) is 2.95. The van der Waals surface area contributed by atoms with Crippen molar-refractivity contribution in [3.05, 3.63) is 29.8 Å². The predicted octanol–water partition coefficient (Wildman–Crippen LogP) is 1.54. The third-order valence-electron chi connectivity index (χ3n) is 4.45. The summed E-state index contributed by atoms with van der Waals surface area (Å²) in [5.41, 5.74) is 1.06. The molecule has 20 heavy (non-hydrogen) atoms. The largest absolute Gasteiger partial charge is 0.497 e. The zero-order valence-corrected chi connectivity index (χ0v) is 12.0. The molecule has 2 aliphatic heterocycles. The second kappa shape index (κ2) is 5.83. The van der Waals surface area contributed by atoms with E-state index in [-0.39, 0.29) is 5.91 Å². The topological polar surface area (TPSA) is 32.8 Å². The zero-order valence-electron chi connectivity index (χ0n) is 12.0. The second-order valence-corrected chi connectivity index (χ2v) is 5.70. The SMILES string of the molecule is COc1ccc(CC(=O)N2CCN3CCCC3C2)cc1. The van der Waals surface area contributed by atoms with Crippen molar-refractivity contribution in [1.82, 2.24) is 9.80 Å². The normalized spacial score (nSPS) is 22.6. The number of fused-ring (bicyclic) bond motifs is 1. The lowest BCUT2D eigenvalue weighted by Gasteiger charge is -2.37. The number of methoxy groups -OCH3 is 1. The molecule has 0 radical (unpaired) electrons. The highest BCUT2D eigenvalue weighted by atomic mass is 16.5. The van der Waals surface area contributed by atoms with Crippen LogP contribution >= 0.6 is 0 Å². The fourth-order valence-electron chi connectivity index (χ4n) is 3.25. The Labute approximate surface area is 120 Å². The maximum atomic E-state index is 12.4. The summed E-state index contributed by atoms with van der Waals surface area (Å²) in [5.74, 6) is 1.09. The predicted molar refractivity (Wildman–Crippen MR) is 77.9 cm³/mol. The van der Waals surface area contributed by atoms with E-state index in [9.17, 15) is 4.79 Å². The Morgan fingerprint density at radius 2 is 2.05 bits per heavy atom. The van der Waals surface area contributed by atoms with Crippen molar-refractivity contribution in [1.29, 1.82) is 0 Å². The van der Waals surface area contributed by atoms with Crippen molar-refractivity contribution in [2.45, 2.75) is 25.3 Å². The highest BCUT2D eigenvalue weighted by Crippen LogP contribution is 2.22. The van der Waals surface area contributed by atoms with Crippen LogP contribution in [0.25, 0.3) is 0 Å². The molecule has 2 saturated heterocycles. The molecule has 1 aromatic rings. The number of ether oxygens (including phenoxy) is 1. The Bertz CT molecular complexity index is 472. The van der Waals surface area contributed by atoms with E-state index in [1.165, 1.54) is 19.4 Å². The summed E-state index contributed by atoms with van der Waals surface area (Å²) in [6.45, 7) is 4.05. The molecule has 2 aliphatic rings. The van der Waals surface area contributed by atoms with E-state index in [4.69, 9.17) is 4.74 Å². The number of carbonyl (C=O) groups excluding carboxylic acids is 1. The van der Waals surface area contributed by atoms with Gasteiger partial charge < -0.3 is 9.64 Å². The minimum atomic E-state index is 0.252. The van der Waals surface area contributed by atoms with Gasteiger partial charge in [0.25, 0.3) is 0 Å². The van der Waals surface area contributed by atoms with Crippen LogP contribution in [0.2, 0.25) is 0 Å². The summed E-state index contributed by atoms with van der Waals surface area (Å²) in [6.07, 6.45) is 3.02. The van der Waals surface area contributed by atoms with Crippen LogP contribution < -0.4 is 4.74 Å². The van der Waals surface area contributed by atoms with Crippen molar-refractivity contribution in [3.8, 4) is 5.75 Å². The van der Waals surface area contributed by atoms with Crippen molar-refractivity contribution in [2.24, 2.45) is 0 Å². The quantitative estimate of drug-likeness (QED) is 0.838. The summed E-state index contributed by atoms with van der Waals surface area (Å²) in [4.78, 5) is 17.0. The third-order valence-corrected chi connectivity index (χ3v) is 4.45. The lowest BCUT2D eigenvalue weighted by Crippen LogP contribution is -2.52. The van der Waals surface area contributed by atoms with E-state index >= 15 is 0 Å². The number of amides is 1. The summed E-state index contributed by atoms with van der Waals surface area (Å²) in [6, 6.07) is 8.38. The Kier molecular flexibility index (Phi) is 3.92. The van der Waals surface area contributed by atoms with Crippen LogP contribution in [0.15, 0.2) is 24.3 Å². The molecule has 4 nitrogen and oxygen atoms in total. The first-order valence-electron chi connectivity index (χ1n) is 7.41. The van der Waals surface area contributed by atoms with Gasteiger partial charge >= 0.3 is 0 Å². The lowest BCUT2D eigenvalue weighted by atomic mass is 10.1. The molecular weight excluding hydrogens is 252 g/mol. The molecule has 108 valence electrons. The number of hydrogen-bond donors (Lipinski definition) is 0. The van der Waals surface area contributed by atoms with E-state index in [1.807, 2.05) is 29.2 Å². The first-order valence-corrected chi connectivity index (χ1v) is 7.41. The molecule has 3 rings (SSSR count). The van der Waals surface area contributed by atoms with Gasteiger partial charge in [0.1, 0.15) is 5.75 Å². The molecule has 1 unspecified atom stereocenters. The Balaban J connectivity index is 1.58. The van der Waals surface area contributed by atoms with Gasteiger partial charge in [0.2, 0.25) is 5.91 Å². The second-order valence-electron chi connectivity index (χ2n) is 5.70. The van der Waals surface area contributed by atoms with Gasteiger partial charge in [-0.2, -0.15) is 0 Å². The highest BCUT2D eigenvalue weighted by molar-refractivity contribution is 5.79. The molecule has 1 aromatic carbocycles. The van der Waals surface area contributed by atoms with Crippen molar-refractivity contribution < 1.29 is 9.53 Å². The molecule has 1 amide bonds. The van der Waals surface area contributed by atoms with E-state index in [2.05, 4.69) is 4.90 Å². The van der Waals surface area contributed by atoms with Gasteiger partial charge in [-0.3, -0.25) is 9.69 Å². The Morgan fingerprint density at radius 1 is 1.25 bits per heavy atom. The number of piperazine rings is 1. The van der Waals surface area contributed by atoms with Crippen LogP contribution in [0.3, 0.4) is 0 Å². The molecule has 0 N–H and O–H groups in total. The van der Waals surface area contributed by atoms with Crippen molar-refractivity contribution in [3.63, 3.8) is 0 Å². The van der Waals surface area contributed by atoms with Crippen LogP contribution in [-0.2, 0) is 11.2 Å². The number of benzene rings is 1. The van der Waals surface area contributed by atoms with Gasteiger partial charge in [-0.1, -0.05) is 12.1 Å². The molecular formula is C16H22N2O2. The van der Waals surface area contributed by atoms with Gasteiger partial charge in [-0.25, -0.2) is 0 Å². The summed E-state index contributed by atoms with van der Waals surface area (Å²) >= 11 is 0. The number of rotatable bonds is 3. The molecule has 4 heteroatoms. The van der Waals surface area contributed by atoms with Gasteiger partial charge in [0.15, 0.2) is 0 Å². The van der Waals surface area contributed by atoms with Crippen LogP contribution in [-0.4, -0.2) is 55.0 Å². The monoisotopic (exact) mass is 274 g/mol. The zero-order chi connectivity index (χ0) is 13.9. The standard InChI is InChI=1S/C16H22N2O2/c1-20-15-6-4-13(5-7-15)11-16(19)18-10-9-17-8-2-3-14(17)12-18/h4-7,14H,2-3,8-12H2,1H3. The smallest absolute Gasteiger partial charge is 0.227 e. The minimum absolute atomic E-state index is 0.252. The average molecular weight is 274 g/mol. The molecule has 0 saturated carbocycles. The maximum Gasteiger partial charge on any atom is 0.227 e. The molecule has 2 fully saturated rings. The molecule has 0 spiro atoms. The van der Waals surface area contributed by atoms with Gasteiger partial charge in [0, 0.05) is 25.7 Å². The highest BCUT2D eigenvalue weighted by Gasteiger charge is 2.32. The van der Waals surface area contributed by atoms with Crippen molar-refractivity contribution in [2.75, 3.05) is 33.3 Å². The van der Waals surface area contributed by atoms with E-state index in [0.29, 0.717) is 12.5 Å². The molecule has 0 aromatic heterocycles. The first-order chi connectivity index (χ1) is 9.76. The van der Waals surface area contributed by atoms with Gasteiger partial charge in [0.05, 0.1) is 13.5 Å². The van der Waals surface area contributed by atoms with Gasteiger partial charge in [-0.15, -0.1) is 0 Å². The summed E-state index contributed by atoms with van der Waals surface area (Å²) in [7, 11) is 1.65. The van der Waals surface area contributed by atoms with Crippen LogP contribution in [0.4, 0.5) is 0 Å². The van der Waals surface area contributed by atoms with Crippen LogP contribution in [0.1, 0.15) is 18.4 Å². The summed E-state index contributed by atoms with van der Waals surface area (Å²) in [5, 5.41) is 0. The molecule has 2 heterocycles. The first kappa shape index (κ1) is 13.4. The Morgan fingerprint density at radius 3 is 2.80 bits per heavy atom. The van der Waals surface area contributed by atoms with E-state index in [1.54, 1.807) is 7.11 Å². The molecule has 0 bridgehead atoms. The van der Waals surface area contributed by atoms with Gasteiger partial charge in [-0.05, 0) is 37.1 Å². The number of carbonyl (C=O) groups is 1. The van der Waals surface area contributed by atoms with Crippen molar-refractivity contribution >= 4 is 5.91 Å². The Hall–Kier alpha value is -1.55. The number of nitrogens with zero attached hydrogens (tertiary/aromatic N) is 2. The third kappa shape index (κ3) is 2.80. The van der Waals surface area contributed by atoms with Crippen LogP contribution in [0, 0.1) is 0 Å². The lowest BCUT2D eigenvalue weighted by molar-refractivity contribution is -0.133. The van der Waals surface area contributed by atoms with E-state index in [0.717, 1.165) is 30.9 Å². The summed E-state index contributed by atoms with van der Waals surface area (Å²) < 4.78 is 5.14. The van der Waals surface area contributed by atoms with E-state index < -0.39 is 0 Å².